The number of aromatic nitrogens is 3. The van der Waals surface area contributed by atoms with Gasteiger partial charge in [0.15, 0.2) is 0 Å². The largest absolute Gasteiger partial charge is 0.425 e. The van der Waals surface area contributed by atoms with Crippen LogP contribution in [0.1, 0.15) is 17.3 Å². The minimum absolute atomic E-state index is 0.0320. The highest BCUT2D eigenvalue weighted by atomic mass is 16.4. The number of aliphatic hydroxyl groups excluding tert-OH is 1. The van der Waals surface area contributed by atoms with Crippen LogP contribution in [0.3, 0.4) is 0 Å². The van der Waals surface area contributed by atoms with E-state index in [1.807, 2.05) is 18.3 Å². The first-order valence-electron chi connectivity index (χ1n) is 5.19. The first kappa shape index (κ1) is 10.8. The number of hydrogen-bond donors (Lipinski definition) is 1. The molecule has 0 saturated heterocycles. The van der Waals surface area contributed by atoms with Gasteiger partial charge in [-0.3, -0.25) is 4.98 Å². The van der Waals surface area contributed by atoms with Crippen LogP contribution in [-0.2, 0) is 19.3 Å². The maximum absolute atomic E-state index is 8.70. The molecule has 2 heterocycles. The summed E-state index contributed by atoms with van der Waals surface area (Å²) in [6.45, 7) is 0.0320. The Bertz CT molecular complexity index is 428. The van der Waals surface area contributed by atoms with Crippen molar-refractivity contribution in [2.24, 2.45) is 0 Å². The molecule has 2 aromatic rings. The van der Waals surface area contributed by atoms with E-state index in [-0.39, 0.29) is 6.61 Å². The second-order valence-electron chi connectivity index (χ2n) is 3.42. The Hall–Kier alpha value is -1.75. The fourth-order valence-corrected chi connectivity index (χ4v) is 1.38. The molecule has 0 aliphatic heterocycles. The van der Waals surface area contributed by atoms with Crippen molar-refractivity contribution in [3.05, 3.63) is 41.9 Å². The van der Waals surface area contributed by atoms with Crippen molar-refractivity contribution >= 4 is 0 Å². The molecule has 16 heavy (non-hydrogen) atoms. The first-order valence-corrected chi connectivity index (χ1v) is 5.19. The Morgan fingerprint density at radius 3 is 2.62 bits per heavy atom. The van der Waals surface area contributed by atoms with Gasteiger partial charge in [-0.1, -0.05) is 6.07 Å². The SMILES string of the molecule is OCCc1nnc(CCc2cccnc2)o1. The Morgan fingerprint density at radius 1 is 1.12 bits per heavy atom. The molecule has 0 radical (unpaired) electrons. The fraction of sp³-hybridized carbons (Fsp3) is 0.364. The van der Waals surface area contributed by atoms with E-state index < -0.39 is 0 Å². The summed E-state index contributed by atoms with van der Waals surface area (Å²) < 4.78 is 5.34. The van der Waals surface area contributed by atoms with Crippen LogP contribution in [0.5, 0.6) is 0 Å². The summed E-state index contributed by atoms with van der Waals surface area (Å²) in [5.41, 5.74) is 1.14. The van der Waals surface area contributed by atoms with Gasteiger partial charge in [-0.05, 0) is 18.1 Å². The van der Waals surface area contributed by atoms with E-state index >= 15 is 0 Å². The topological polar surface area (TPSA) is 72.0 Å². The van der Waals surface area contributed by atoms with E-state index in [1.54, 1.807) is 6.20 Å². The molecule has 0 amide bonds. The lowest BCUT2D eigenvalue weighted by molar-refractivity contribution is 0.283. The zero-order chi connectivity index (χ0) is 11.2. The molecule has 84 valence electrons. The normalized spacial score (nSPS) is 10.6. The van der Waals surface area contributed by atoms with E-state index in [9.17, 15) is 0 Å². The molecule has 0 unspecified atom stereocenters. The van der Waals surface area contributed by atoms with Crippen molar-refractivity contribution in [1.29, 1.82) is 0 Å². The lowest BCUT2D eigenvalue weighted by Crippen LogP contribution is -1.91. The lowest BCUT2D eigenvalue weighted by atomic mass is 10.2. The van der Waals surface area contributed by atoms with Gasteiger partial charge in [-0.25, -0.2) is 0 Å². The Kier molecular flexibility index (Phi) is 3.61. The van der Waals surface area contributed by atoms with Crippen molar-refractivity contribution in [2.45, 2.75) is 19.3 Å². The molecule has 0 aliphatic rings. The first-order chi connectivity index (χ1) is 7.88. The average Bonchev–Trinajstić information content (AvgIpc) is 2.76. The molecular formula is C11H13N3O2. The molecule has 2 rings (SSSR count). The van der Waals surface area contributed by atoms with Crippen LogP contribution >= 0.6 is 0 Å². The summed E-state index contributed by atoms with van der Waals surface area (Å²) in [6.07, 6.45) is 5.51. The minimum Gasteiger partial charge on any atom is -0.425 e. The van der Waals surface area contributed by atoms with Gasteiger partial charge in [0.25, 0.3) is 0 Å². The van der Waals surface area contributed by atoms with Crippen LogP contribution < -0.4 is 0 Å². The number of nitrogens with zero attached hydrogens (tertiary/aromatic N) is 3. The smallest absolute Gasteiger partial charge is 0.218 e. The third-order valence-corrected chi connectivity index (χ3v) is 2.18. The summed E-state index contributed by atoms with van der Waals surface area (Å²) in [5, 5.41) is 16.4. The number of rotatable bonds is 5. The van der Waals surface area contributed by atoms with Gasteiger partial charge in [0.1, 0.15) is 0 Å². The van der Waals surface area contributed by atoms with Crippen LogP contribution in [0.4, 0.5) is 0 Å². The van der Waals surface area contributed by atoms with E-state index in [0.717, 1.165) is 12.0 Å². The van der Waals surface area contributed by atoms with Gasteiger partial charge in [0.05, 0.1) is 6.61 Å². The number of aryl methyl sites for hydroxylation is 2. The van der Waals surface area contributed by atoms with Crippen molar-refractivity contribution in [3.8, 4) is 0 Å². The highest BCUT2D eigenvalue weighted by molar-refractivity contribution is 5.09. The molecule has 0 aromatic carbocycles. The summed E-state index contributed by atoms with van der Waals surface area (Å²) in [4.78, 5) is 4.03. The van der Waals surface area contributed by atoms with Crippen LogP contribution in [0.15, 0.2) is 28.9 Å². The quantitative estimate of drug-likeness (QED) is 0.804. The molecule has 0 saturated carbocycles. The van der Waals surface area contributed by atoms with E-state index in [1.165, 1.54) is 0 Å². The molecule has 0 bridgehead atoms. The third kappa shape index (κ3) is 2.87. The summed E-state index contributed by atoms with van der Waals surface area (Å²) in [5.74, 6) is 1.09. The summed E-state index contributed by atoms with van der Waals surface area (Å²) in [6, 6.07) is 3.92. The molecule has 5 heteroatoms. The second-order valence-corrected chi connectivity index (χ2v) is 3.42. The third-order valence-electron chi connectivity index (χ3n) is 2.18. The van der Waals surface area contributed by atoms with Gasteiger partial charge < -0.3 is 9.52 Å². The zero-order valence-corrected chi connectivity index (χ0v) is 8.83. The molecule has 0 aliphatic carbocycles. The van der Waals surface area contributed by atoms with Gasteiger partial charge >= 0.3 is 0 Å². The van der Waals surface area contributed by atoms with Crippen molar-refractivity contribution in [1.82, 2.24) is 15.2 Å². The van der Waals surface area contributed by atoms with E-state index in [2.05, 4.69) is 15.2 Å². The molecule has 2 aromatic heterocycles. The zero-order valence-electron chi connectivity index (χ0n) is 8.83. The molecule has 5 nitrogen and oxygen atoms in total. The monoisotopic (exact) mass is 219 g/mol. The van der Waals surface area contributed by atoms with E-state index in [0.29, 0.717) is 24.6 Å². The second kappa shape index (κ2) is 5.37. The number of aliphatic hydroxyl groups is 1. The van der Waals surface area contributed by atoms with Crippen LogP contribution in [0.2, 0.25) is 0 Å². The predicted octanol–water partition coefficient (Wildman–Crippen LogP) is 0.785. The van der Waals surface area contributed by atoms with Crippen LogP contribution in [0.25, 0.3) is 0 Å². The van der Waals surface area contributed by atoms with E-state index in [4.69, 9.17) is 9.52 Å². The van der Waals surface area contributed by atoms with Gasteiger partial charge in [-0.15, -0.1) is 10.2 Å². The predicted molar refractivity (Wildman–Crippen MR) is 56.7 cm³/mol. The number of hydrogen-bond acceptors (Lipinski definition) is 5. The van der Waals surface area contributed by atoms with Crippen molar-refractivity contribution < 1.29 is 9.52 Å². The Balaban J connectivity index is 1.89. The van der Waals surface area contributed by atoms with Crippen molar-refractivity contribution in [2.75, 3.05) is 6.61 Å². The highest BCUT2D eigenvalue weighted by Crippen LogP contribution is 2.05. The molecular weight excluding hydrogens is 206 g/mol. The summed E-state index contributed by atoms with van der Waals surface area (Å²) >= 11 is 0. The highest BCUT2D eigenvalue weighted by Gasteiger charge is 2.05. The van der Waals surface area contributed by atoms with Gasteiger partial charge in [0, 0.05) is 25.2 Å². The molecule has 0 fully saturated rings. The lowest BCUT2D eigenvalue weighted by Gasteiger charge is -1.96. The van der Waals surface area contributed by atoms with Crippen molar-refractivity contribution in [3.63, 3.8) is 0 Å². The average molecular weight is 219 g/mol. The summed E-state index contributed by atoms with van der Waals surface area (Å²) in [7, 11) is 0. The minimum atomic E-state index is 0.0320. The fourth-order valence-electron chi connectivity index (χ4n) is 1.38. The standard InChI is InChI=1S/C11H13N3O2/c15-7-5-11-14-13-10(16-11)4-3-9-2-1-6-12-8-9/h1-2,6,8,15H,3-5,7H2. The van der Waals surface area contributed by atoms with Crippen LogP contribution in [-0.4, -0.2) is 26.9 Å². The maximum atomic E-state index is 8.70. The Morgan fingerprint density at radius 2 is 1.94 bits per heavy atom. The molecule has 0 spiro atoms. The van der Waals surface area contributed by atoms with Gasteiger partial charge in [0.2, 0.25) is 11.8 Å². The van der Waals surface area contributed by atoms with Crippen LogP contribution in [0, 0.1) is 0 Å². The number of pyridine rings is 1. The molecule has 0 atom stereocenters. The molecule has 1 N–H and O–H groups in total. The van der Waals surface area contributed by atoms with Gasteiger partial charge in [-0.2, -0.15) is 0 Å². The maximum Gasteiger partial charge on any atom is 0.218 e. The Labute approximate surface area is 93.2 Å².